The lowest BCUT2D eigenvalue weighted by Gasteiger charge is -2.22. The van der Waals surface area contributed by atoms with Gasteiger partial charge in [-0.2, -0.15) is 0 Å². The number of nitrogens with zero attached hydrogens (tertiary/aromatic N) is 1. The third kappa shape index (κ3) is 7.16. The minimum absolute atomic E-state index is 0.101. The number of carbonyl (C=O) groups excluding carboxylic acids is 1. The van der Waals surface area contributed by atoms with Crippen molar-refractivity contribution in [1.82, 2.24) is 4.90 Å². The van der Waals surface area contributed by atoms with Crippen molar-refractivity contribution in [3.05, 3.63) is 76.3 Å². The third-order valence-corrected chi connectivity index (χ3v) is 9.35. The van der Waals surface area contributed by atoms with Gasteiger partial charge in [0.25, 0.3) is 26.0 Å². The van der Waals surface area contributed by atoms with Crippen LogP contribution in [0.5, 0.6) is 5.75 Å². The number of carbonyl (C=O) groups is 1. The van der Waals surface area contributed by atoms with Crippen LogP contribution < -0.4 is 14.2 Å². The summed E-state index contributed by atoms with van der Waals surface area (Å²) in [5.74, 6) is 0.0000909. The number of halogens is 2. The highest BCUT2D eigenvalue weighted by Crippen LogP contribution is 2.28. The SMILES string of the molecule is COc1ccc(S(=O)(=O)Nc2ccc(S(=O)(=O)Nc3cc(Cl)cc(Cl)c3)cc2)cc1C(=O)N1CCCCCC1. The molecule has 208 valence electrons. The molecule has 9 nitrogen and oxygen atoms in total. The molecule has 39 heavy (non-hydrogen) atoms. The molecule has 1 saturated heterocycles. The minimum atomic E-state index is -4.11. The van der Waals surface area contributed by atoms with Crippen LogP contribution in [0, 0.1) is 0 Å². The molecule has 1 aliphatic heterocycles. The van der Waals surface area contributed by atoms with Crippen LogP contribution in [0.15, 0.2) is 70.5 Å². The molecule has 0 unspecified atom stereocenters. The lowest BCUT2D eigenvalue weighted by Crippen LogP contribution is -2.32. The van der Waals surface area contributed by atoms with E-state index in [0.29, 0.717) is 13.1 Å². The number of ether oxygens (including phenoxy) is 1. The Labute approximate surface area is 238 Å². The first-order chi connectivity index (χ1) is 18.5. The Kier molecular flexibility index (Phi) is 8.95. The highest BCUT2D eigenvalue weighted by molar-refractivity contribution is 7.93. The summed E-state index contributed by atoms with van der Waals surface area (Å²) in [6.45, 7) is 1.21. The van der Waals surface area contributed by atoms with E-state index in [1.807, 2.05) is 0 Å². The predicted octanol–water partition coefficient (Wildman–Crippen LogP) is 5.62. The second-order valence-electron chi connectivity index (χ2n) is 8.96. The molecule has 3 aromatic rings. The van der Waals surface area contributed by atoms with E-state index in [2.05, 4.69) is 9.44 Å². The summed E-state index contributed by atoms with van der Waals surface area (Å²) >= 11 is 11.9. The first-order valence-electron chi connectivity index (χ1n) is 12.1. The van der Waals surface area contributed by atoms with Gasteiger partial charge >= 0.3 is 0 Å². The van der Waals surface area contributed by atoms with Crippen molar-refractivity contribution < 1.29 is 26.4 Å². The number of benzene rings is 3. The van der Waals surface area contributed by atoms with E-state index >= 15 is 0 Å². The fraction of sp³-hybridized carbons (Fsp3) is 0.269. The first-order valence-corrected chi connectivity index (χ1v) is 15.8. The monoisotopic (exact) mass is 611 g/mol. The summed E-state index contributed by atoms with van der Waals surface area (Å²) < 4.78 is 62.0. The van der Waals surface area contributed by atoms with Gasteiger partial charge in [-0.1, -0.05) is 36.0 Å². The zero-order valence-electron chi connectivity index (χ0n) is 21.0. The number of amides is 1. The van der Waals surface area contributed by atoms with E-state index in [0.717, 1.165) is 25.7 Å². The van der Waals surface area contributed by atoms with Crippen molar-refractivity contribution in [3.8, 4) is 5.75 Å². The normalized spacial score (nSPS) is 14.4. The van der Waals surface area contributed by atoms with Crippen molar-refractivity contribution in [3.63, 3.8) is 0 Å². The molecule has 0 spiro atoms. The second-order valence-corrected chi connectivity index (χ2v) is 13.2. The maximum atomic E-state index is 13.2. The van der Waals surface area contributed by atoms with Crippen LogP contribution in [0.2, 0.25) is 10.0 Å². The Morgan fingerprint density at radius 3 is 1.87 bits per heavy atom. The van der Waals surface area contributed by atoms with E-state index < -0.39 is 20.0 Å². The summed E-state index contributed by atoms with van der Waals surface area (Å²) in [6, 6.07) is 13.5. The largest absolute Gasteiger partial charge is 0.496 e. The van der Waals surface area contributed by atoms with Crippen molar-refractivity contribution in [1.29, 1.82) is 0 Å². The highest BCUT2D eigenvalue weighted by atomic mass is 35.5. The Morgan fingerprint density at radius 2 is 1.28 bits per heavy atom. The van der Waals surface area contributed by atoms with Crippen molar-refractivity contribution in [2.45, 2.75) is 35.5 Å². The molecule has 1 heterocycles. The van der Waals surface area contributed by atoms with Crippen molar-refractivity contribution in [2.75, 3.05) is 29.6 Å². The summed E-state index contributed by atoms with van der Waals surface area (Å²) in [5, 5.41) is 0.527. The Bertz CT molecular complexity index is 1550. The average Bonchev–Trinajstić information content (AvgIpc) is 3.17. The summed E-state index contributed by atoms with van der Waals surface area (Å²) in [7, 11) is -6.68. The van der Waals surface area contributed by atoms with Crippen LogP contribution >= 0.6 is 23.2 Å². The lowest BCUT2D eigenvalue weighted by atomic mass is 10.1. The fourth-order valence-electron chi connectivity index (χ4n) is 4.21. The molecule has 1 amide bonds. The van der Waals surface area contributed by atoms with Crippen molar-refractivity contribution >= 4 is 60.5 Å². The van der Waals surface area contributed by atoms with Gasteiger partial charge in [-0.05, 0) is 73.5 Å². The average molecular weight is 613 g/mol. The number of rotatable bonds is 8. The quantitative estimate of drug-likeness (QED) is 0.341. The molecule has 4 rings (SSSR count). The number of sulfonamides is 2. The maximum Gasteiger partial charge on any atom is 0.261 e. The van der Waals surface area contributed by atoms with Gasteiger partial charge in [0.05, 0.1) is 28.2 Å². The van der Waals surface area contributed by atoms with E-state index in [1.54, 1.807) is 4.90 Å². The van der Waals surface area contributed by atoms with Crippen LogP contribution in [0.3, 0.4) is 0 Å². The number of nitrogens with one attached hydrogen (secondary N) is 2. The van der Waals surface area contributed by atoms with Gasteiger partial charge in [-0.3, -0.25) is 14.2 Å². The third-order valence-electron chi connectivity index (χ3n) is 6.14. The Morgan fingerprint density at radius 1 is 0.744 bits per heavy atom. The van der Waals surface area contributed by atoms with Crippen LogP contribution in [-0.2, 0) is 20.0 Å². The molecule has 2 N–H and O–H groups in total. The van der Waals surface area contributed by atoms with Gasteiger partial charge in [-0.25, -0.2) is 16.8 Å². The first kappa shape index (κ1) is 29.0. The van der Waals surface area contributed by atoms with Crippen LogP contribution in [0.25, 0.3) is 0 Å². The number of likely N-dealkylation sites (tertiary alicyclic amines) is 1. The van der Waals surface area contributed by atoms with Crippen LogP contribution in [0.4, 0.5) is 11.4 Å². The predicted molar refractivity (Wildman–Crippen MR) is 152 cm³/mol. The molecule has 0 aromatic heterocycles. The fourth-order valence-corrected chi connectivity index (χ4v) is 6.86. The molecule has 0 aliphatic carbocycles. The minimum Gasteiger partial charge on any atom is -0.496 e. The van der Waals surface area contributed by atoms with E-state index in [-0.39, 0.29) is 48.4 Å². The van der Waals surface area contributed by atoms with Crippen molar-refractivity contribution in [2.24, 2.45) is 0 Å². The standard InChI is InChI=1S/C26H27Cl2N3O6S2/c1-37-25-11-10-23(17-24(25)26(32)31-12-4-2-3-5-13-31)39(35,36)29-20-6-8-22(9-7-20)38(33,34)30-21-15-18(27)14-19(28)16-21/h6-11,14-17,29-30H,2-5,12-13H2,1H3. The molecular weight excluding hydrogens is 585 g/mol. The zero-order valence-corrected chi connectivity index (χ0v) is 24.1. The number of hydrogen-bond acceptors (Lipinski definition) is 6. The molecule has 13 heteroatoms. The number of hydrogen-bond donors (Lipinski definition) is 2. The van der Waals surface area contributed by atoms with Gasteiger partial charge in [-0.15, -0.1) is 0 Å². The number of methoxy groups -OCH3 is 1. The number of anilines is 2. The maximum absolute atomic E-state index is 13.2. The van der Waals surface area contributed by atoms with Gasteiger partial charge in [0.1, 0.15) is 5.75 Å². The van der Waals surface area contributed by atoms with Gasteiger partial charge < -0.3 is 9.64 Å². The molecule has 0 bridgehead atoms. The van der Waals surface area contributed by atoms with E-state index in [9.17, 15) is 21.6 Å². The summed E-state index contributed by atoms with van der Waals surface area (Å²) in [4.78, 5) is 14.7. The Balaban J connectivity index is 1.53. The molecule has 1 fully saturated rings. The van der Waals surface area contributed by atoms with Gasteiger partial charge in [0.2, 0.25) is 0 Å². The lowest BCUT2D eigenvalue weighted by molar-refractivity contribution is 0.0758. The second kappa shape index (κ2) is 12.0. The molecule has 0 saturated carbocycles. The Hall–Kier alpha value is -2.99. The van der Waals surface area contributed by atoms with Gasteiger partial charge in [0, 0.05) is 28.8 Å². The molecule has 3 aromatic carbocycles. The molecule has 0 radical (unpaired) electrons. The summed E-state index contributed by atoms with van der Waals surface area (Å²) in [6.07, 6.45) is 3.87. The van der Waals surface area contributed by atoms with E-state index in [4.69, 9.17) is 27.9 Å². The molecular formula is C26H27Cl2N3O6S2. The smallest absolute Gasteiger partial charge is 0.261 e. The van der Waals surface area contributed by atoms with Gasteiger partial charge in [0.15, 0.2) is 0 Å². The molecule has 0 atom stereocenters. The summed E-state index contributed by atoms with van der Waals surface area (Å²) in [5.41, 5.74) is 0.481. The topological polar surface area (TPSA) is 122 Å². The van der Waals surface area contributed by atoms with E-state index in [1.165, 1.54) is 67.8 Å². The van der Waals surface area contributed by atoms with Crippen LogP contribution in [0.1, 0.15) is 36.0 Å². The van der Waals surface area contributed by atoms with Crippen LogP contribution in [-0.4, -0.2) is 47.8 Å². The zero-order chi connectivity index (χ0) is 28.2. The molecule has 1 aliphatic rings. The highest BCUT2D eigenvalue weighted by Gasteiger charge is 2.24.